The van der Waals surface area contributed by atoms with Crippen molar-refractivity contribution in [3.63, 3.8) is 0 Å². The summed E-state index contributed by atoms with van der Waals surface area (Å²) in [5.74, 6) is 0.666. The van der Waals surface area contributed by atoms with Crippen LogP contribution in [0.3, 0.4) is 0 Å². The summed E-state index contributed by atoms with van der Waals surface area (Å²) in [6.07, 6.45) is 2.78. The number of amides is 2. The van der Waals surface area contributed by atoms with Crippen molar-refractivity contribution < 1.29 is 17.7 Å². The number of aromatic nitrogens is 1. The Hall–Kier alpha value is -2.39. The van der Waals surface area contributed by atoms with Crippen molar-refractivity contribution in [3.05, 3.63) is 36.5 Å². The van der Waals surface area contributed by atoms with Gasteiger partial charge in [0.2, 0.25) is 10.0 Å². The van der Waals surface area contributed by atoms with E-state index in [-0.39, 0.29) is 12.1 Å². The molecule has 9 heteroatoms. The van der Waals surface area contributed by atoms with Crippen LogP contribution < -0.4 is 10.0 Å². The van der Waals surface area contributed by atoms with E-state index in [0.717, 1.165) is 5.56 Å². The molecule has 1 aromatic heterocycles. The molecule has 1 aliphatic rings. The van der Waals surface area contributed by atoms with Gasteiger partial charge in [0.05, 0.1) is 11.4 Å². The van der Waals surface area contributed by atoms with Crippen molar-refractivity contribution in [2.24, 2.45) is 0 Å². The Balaban J connectivity index is 1.51. The van der Waals surface area contributed by atoms with Gasteiger partial charge in [0.15, 0.2) is 5.76 Å². The van der Waals surface area contributed by atoms with Crippen LogP contribution in [0, 0.1) is 0 Å². The van der Waals surface area contributed by atoms with E-state index in [1.165, 1.54) is 0 Å². The van der Waals surface area contributed by atoms with Crippen LogP contribution >= 0.6 is 0 Å². The zero-order valence-corrected chi connectivity index (χ0v) is 16.2. The summed E-state index contributed by atoms with van der Waals surface area (Å²) < 4.78 is 31.7. The Morgan fingerprint density at radius 1 is 1.19 bits per heavy atom. The molecular weight excluding hydrogens is 368 g/mol. The summed E-state index contributed by atoms with van der Waals surface area (Å²) in [5.41, 5.74) is 1.56. The SMILES string of the molecule is CC(C)S(=O)(=O)NC1CCN(C(=O)Nc2ccc(-c3ccno3)cc2)CC1. The van der Waals surface area contributed by atoms with Crippen LogP contribution in [0.1, 0.15) is 26.7 Å². The summed E-state index contributed by atoms with van der Waals surface area (Å²) in [7, 11) is -3.29. The van der Waals surface area contributed by atoms with Crippen molar-refractivity contribution in [1.29, 1.82) is 0 Å². The van der Waals surface area contributed by atoms with Crippen LogP contribution in [-0.2, 0) is 10.0 Å². The van der Waals surface area contributed by atoms with Gasteiger partial charge in [-0.15, -0.1) is 0 Å². The number of benzene rings is 1. The summed E-state index contributed by atoms with van der Waals surface area (Å²) >= 11 is 0. The Morgan fingerprint density at radius 2 is 1.85 bits per heavy atom. The maximum Gasteiger partial charge on any atom is 0.321 e. The van der Waals surface area contributed by atoms with Crippen LogP contribution in [0.5, 0.6) is 0 Å². The number of rotatable bonds is 5. The molecule has 1 fully saturated rings. The Labute approximate surface area is 159 Å². The molecule has 2 heterocycles. The van der Waals surface area contributed by atoms with Gasteiger partial charge in [0.1, 0.15) is 0 Å². The van der Waals surface area contributed by atoms with Gasteiger partial charge in [-0.2, -0.15) is 0 Å². The van der Waals surface area contributed by atoms with E-state index in [0.29, 0.717) is 37.4 Å². The summed E-state index contributed by atoms with van der Waals surface area (Å²) in [6, 6.07) is 8.77. The summed E-state index contributed by atoms with van der Waals surface area (Å²) in [5, 5.41) is 6.08. The van der Waals surface area contributed by atoms with Gasteiger partial charge < -0.3 is 14.7 Å². The first-order chi connectivity index (χ1) is 12.8. The van der Waals surface area contributed by atoms with Crippen LogP contribution in [0.4, 0.5) is 10.5 Å². The molecule has 0 bridgehead atoms. The molecule has 27 heavy (non-hydrogen) atoms. The predicted octanol–water partition coefficient (Wildman–Crippen LogP) is 2.67. The van der Waals surface area contributed by atoms with Crippen LogP contribution in [-0.4, -0.2) is 48.9 Å². The molecular formula is C18H24N4O4S. The highest BCUT2D eigenvalue weighted by Gasteiger charge is 2.27. The molecule has 0 saturated carbocycles. The number of sulfonamides is 1. The second kappa shape index (κ2) is 8.10. The van der Waals surface area contributed by atoms with Gasteiger partial charge >= 0.3 is 6.03 Å². The number of nitrogens with one attached hydrogen (secondary N) is 2. The molecule has 2 amide bonds. The Kier molecular flexibility index (Phi) is 5.81. The third-order valence-corrected chi connectivity index (χ3v) is 6.50. The fourth-order valence-electron chi connectivity index (χ4n) is 2.85. The monoisotopic (exact) mass is 392 g/mol. The third-order valence-electron chi connectivity index (χ3n) is 4.59. The molecule has 1 saturated heterocycles. The molecule has 2 N–H and O–H groups in total. The number of nitrogens with zero attached hydrogens (tertiary/aromatic N) is 2. The lowest BCUT2D eigenvalue weighted by Crippen LogP contribution is -2.48. The molecule has 2 aromatic rings. The van der Waals surface area contributed by atoms with Crippen LogP contribution in [0.2, 0.25) is 0 Å². The smallest absolute Gasteiger partial charge is 0.321 e. The van der Waals surface area contributed by atoms with E-state index >= 15 is 0 Å². The summed E-state index contributed by atoms with van der Waals surface area (Å²) in [6.45, 7) is 4.32. The standard InChI is InChI=1S/C18H24N4O4S/c1-13(2)27(24,25)21-16-8-11-22(12-9-16)18(23)20-15-5-3-14(4-6-15)17-7-10-19-26-17/h3-7,10,13,16,21H,8-9,11-12H2,1-2H3,(H,20,23). The minimum absolute atomic E-state index is 0.123. The van der Waals surface area contributed by atoms with Gasteiger partial charge in [-0.05, 0) is 51.0 Å². The highest BCUT2D eigenvalue weighted by molar-refractivity contribution is 7.90. The lowest BCUT2D eigenvalue weighted by Gasteiger charge is -2.32. The number of likely N-dealkylation sites (tertiary alicyclic amines) is 1. The number of carbonyl (C=O) groups is 1. The second-order valence-corrected chi connectivity index (χ2v) is 9.13. The van der Waals surface area contributed by atoms with E-state index in [4.69, 9.17) is 4.52 Å². The fraction of sp³-hybridized carbons (Fsp3) is 0.444. The molecule has 0 spiro atoms. The van der Waals surface area contributed by atoms with Crippen molar-refractivity contribution in [1.82, 2.24) is 14.8 Å². The van der Waals surface area contributed by atoms with E-state index in [1.54, 1.807) is 43.1 Å². The predicted molar refractivity (Wildman–Crippen MR) is 103 cm³/mol. The first kappa shape index (κ1) is 19.4. The largest absolute Gasteiger partial charge is 0.356 e. The van der Waals surface area contributed by atoms with Gasteiger partial charge in [-0.1, -0.05) is 5.16 Å². The molecule has 0 unspecified atom stereocenters. The van der Waals surface area contributed by atoms with E-state index in [1.807, 2.05) is 12.1 Å². The molecule has 146 valence electrons. The van der Waals surface area contributed by atoms with Gasteiger partial charge in [0.25, 0.3) is 0 Å². The zero-order chi connectivity index (χ0) is 19.4. The third kappa shape index (κ3) is 4.86. The van der Waals surface area contributed by atoms with E-state index in [2.05, 4.69) is 15.2 Å². The number of anilines is 1. The quantitative estimate of drug-likeness (QED) is 0.814. The molecule has 0 atom stereocenters. The average Bonchev–Trinajstić information content (AvgIpc) is 3.17. The number of carbonyl (C=O) groups excluding carboxylic acids is 1. The number of urea groups is 1. The first-order valence-electron chi connectivity index (χ1n) is 8.93. The second-order valence-electron chi connectivity index (χ2n) is 6.86. The normalized spacial score (nSPS) is 15.9. The average molecular weight is 392 g/mol. The highest BCUT2D eigenvalue weighted by atomic mass is 32.2. The fourth-order valence-corrected chi connectivity index (χ4v) is 3.83. The molecule has 1 aliphatic heterocycles. The molecule has 0 aliphatic carbocycles. The van der Waals surface area contributed by atoms with Crippen LogP contribution in [0.15, 0.2) is 41.1 Å². The first-order valence-corrected chi connectivity index (χ1v) is 10.5. The molecule has 0 radical (unpaired) electrons. The molecule has 1 aromatic carbocycles. The van der Waals surface area contributed by atoms with E-state index < -0.39 is 15.3 Å². The number of hydrogen-bond donors (Lipinski definition) is 2. The lowest BCUT2D eigenvalue weighted by atomic mass is 10.1. The zero-order valence-electron chi connectivity index (χ0n) is 15.4. The number of piperidine rings is 1. The lowest BCUT2D eigenvalue weighted by molar-refractivity contribution is 0.193. The summed E-state index contributed by atoms with van der Waals surface area (Å²) in [4.78, 5) is 14.1. The van der Waals surface area contributed by atoms with Crippen molar-refractivity contribution >= 4 is 21.7 Å². The maximum atomic E-state index is 12.4. The van der Waals surface area contributed by atoms with Gasteiger partial charge in [-0.3, -0.25) is 0 Å². The van der Waals surface area contributed by atoms with Crippen molar-refractivity contribution in [2.75, 3.05) is 18.4 Å². The Morgan fingerprint density at radius 3 is 2.41 bits per heavy atom. The minimum atomic E-state index is -3.29. The molecule has 8 nitrogen and oxygen atoms in total. The topological polar surface area (TPSA) is 105 Å². The maximum absolute atomic E-state index is 12.4. The van der Waals surface area contributed by atoms with Gasteiger partial charge in [0, 0.05) is 36.4 Å². The number of hydrogen-bond acceptors (Lipinski definition) is 5. The molecule has 3 rings (SSSR count). The van der Waals surface area contributed by atoms with Crippen LogP contribution in [0.25, 0.3) is 11.3 Å². The van der Waals surface area contributed by atoms with E-state index in [9.17, 15) is 13.2 Å². The Bertz CT molecular complexity index is 855. The van der Waals surface area contributed by atoms with Crippen molar-refractivity contribution in [2.45, 2.75) is 38.0 Å². The van der Waals surface area contributed by atoms with Crippen molar-refractivity contribution in [3.8, 4) is 11.3 Å². The van der Waals surface area contributed by atoms with Gasteiger partial charge in [-0.25, -0.2) is 17.9 Å². The minimum Gasteiger partial charge on any atom is -0.356 e. The highest BCUT2D eigenvalue weighted by Crippen LogP contribution is 2.21.